The molecule has 2 spiro atoms. The second-order valence-corrected chi connectivity index (χ2v) is 16.3. The number of hydrogen-bond acceptors (Lipinski definition) is 5. The van der Waals surface area contributed by atoms with E-state index in [4.69, 9.17) is 4.74 Å². The zero-order chi connectivity index (χ0) is 36.5. The van der Waals surface area contributed by atoms with E-state index < -0.39 is 45.5 Å². The van der Waals surface area contributed by atoms with E-state index >= 15 is 0 Å². The van der Waals surface area contributed by atoms with E-state index in [1.165, 1.54) is 12.1 Å². The van der Waals surface area contributed by atoms with Crippen molar-refractivity contribution in [3.63, 3.8) is 0 Å². The van der Waals surface area contributed by atoms with Gasteiger partial charge >= 0.3 is 12.2 Å². The summed E-state index contributed by atoms with van der Waals surface area (Å²) < 4.78 is 46.9. The lowest BCUT2D eigenvalue weighted by atomic mass is 9.32. The molecule has 7 nitrogen and oxygen atoms in total. The van der Waals surface area contributed by atoms with Crippen LogP contribution in [0.2, 0.25) is 0 Å². The van der Waals surface area contributed by atoms with Crippen molar-refractivity contribution in [3.05, 3.63) is 89.5 Å². The van der Waals surface area contributed by atoms with E-state index in [-0.39, 0.29) is 35.4 Å². The van der Waals surface area contributed by atoms with Crippen LogP contribution < -0.4 is 5.32 Å². The number of rotatable bonds is 9. The van der Waals surface area contributed by atoms with Gasteiger partial charge in [-0.3, -0.25) is 4.79 Å². The SMILES string of the molecule is COCCCN(C[C@]1(O)CC[C@H]2[C@]34C=C[C@@]5(C=C3C(=O)c3cccc(C(F)(F)F)c3)CC(O)CC[C@]5(C)[C@H]4CC[C@@]21C)C(=O)Nc1ccccc1. The first kappa shape index (κ1) is 35.9. The van der Waals surface area contributed by atoms with Gasteiger partial charge in [0.25, 0.3) is 0 Å². The predicted octanol–water partition coefficient (Wildman–Crippen LogP) is 8.05. The van der Waals surface area contributed by atoms with Crippen LogP contribution in [0.25, 0.3) is 0 Å². The highest BCUT2D eigenvalue weighted by Crippen LogP contribution is 2.78. The van der Waals surface area contributed by atoms with E-state index in [0.29, 0.717) is 69.4 Å². The van der Waals surface area contributed by atoms with Crippen molar-refractivity contribution < 1.29 is 37.7 Å². The van der Waals surface area contributed by atoms with Gasteiger partial charge in [-0.2, -0.15) is 13.2 Å². The Bertz CT molecular complexity index is 1750. The van der Waals surface area contributed by atoms with Gasteiger partial charge in [-0.25, -0.2) is 4.79 Å². The minimum absolute atomic E-state index is 0.0120. The van der Waals surface area contributed by atoms with Crippen LogP contribution in [0.3, 0.4) is 0 Å². The number of para-hydroxylation sites is 1. The van der Waals surface area contributed by atoms with E-state index in [1.54, 1.807) is 12.0 Å². The summed E-state index contributed by atoms with van der Waals surface area (Å²) in [6.45, 7) is 5.25. The van der Waals surface area contributed by atoms with Crippen LogP contribution in [0.1, 0.15) is 81.1 Å². The molecule has 10 heteroatoms. The minimum atomic E-state index is -4.60. The summed E-state index contributed by atoms with van der Waals surface area (Å²) in [7, 11) is 1.61. The number of carbonyl (C=O) groups excluding carboxylic acids is 2. The van der Waals surface area contributed by atoms with E-state index in [9.17, 15) is 33.0 Å². The number of alkyl halides is 3. The fraction of sp³-hybridized carbons (Fsp3) is 0.561. The predicted molar refractivity (Wildman–Crippen MR) is 188 cm³/mol. The summed E-state index contributed by atoms with van der Waals surface area (Å²) >= 11 is 0. The van der Waals surface area contributed by atoms with Crippen LogP contribution in [-0.2, 0) is 10.9 Å². The summed E-state index contributed by atoms with van der Waals surface area (Å²) in [5, 5.41) is 26.8. The van der Waals surface area contributed by atoms with E-state index in [1.807, 2.05) is 36.4 Å². The highest BCUT2D eigenvalue weighted by molar-refractivity contribution is 6.10. The molecule has 2 amide bonds. The Kier molecular flexibility index (Phi) is 8.87. The molecule has 0 radical (unpaired) electrons. The van der Waals surface area contributed by atoms with Gasteiger partial charge in [0.2, 0.25) is 0 Å². The highest BCUT2D eigenvalue weighted by atomic mass is 19.4. The number of carbonyl (C=O) groups is 2. The minimum Gasteiger partial charge on any atom is -0.393 e. The lowest BCUT2D eigenvalue weighted by Gasteiger charge is -2.71. The van der Waals surface area contributed by atoms with Gasteiger partial charge in [0.1, 0.15) is 0 Å². The standard InChI is InChI=1S/C41H49F3N2O5/c1-36-16-13-30(47)24-38(36)19-20-40(31(25-38)34(48)27-9-7-10-28(23-27)41(42,43)44)32(36)14-17-37(2)33(40)15-18-39(37,50)26-46(21-8-22-51-3)35(49)45-29-11-5-4-6-12-29/h4-7,9-12,19-20,23,25,30,32-33,47,50H,8,13-18,21-22,24,26H2,1-3H3,(H,45,49)/t30?,32-,33-,36-,37+,38+,39-,40-/m1/s1. The molecule has 3 N–H and O–H groups in total. The average Bonchev–Trinajstić information content (AvgIpc) is 3.37. The van der Waals surface area contributed by atoms with Crippen molar-refractivity contribution in [2.24, 2.45) is 33.5 Å². The molecule has 0 saturated heterocycles. The molecule has 8 atom stereocenters. The van der Waals surface area contributed by atoms with Gasteiger partial charge < -0.3 is 25.2 Å². The van der Waals surface area contributed by atoms with Gasteiger partial charge in [0.05, 0.1) is 23.8 Å². The summed E-state index contributed by atoms with van der Waals surface area (Å²) in [6, 6.07) is 13.5. The van der Waals surface area contributed by atoms with Gasteiger partial charge in [0, 0.05) is 53.3 Å². The maximum atomic E-state index is 14.7. The zero-order valence-electron chi connectivity index (χ0n) is 29.6. The molecule has 51 heavy (non-hydrogen) atoms. The number of allylic oxidation sites excluding steroid dienone is 4. The number of halogens is 3. The van der Waals surface area contributed by atoms with Crippen LogP contribution in [0, 0.1) is 33.5 Å². The molecule has 2 aromatic rings. The Morgan fingerprint density at radius 2 is 1.67 bits per heavy atom. The average molecular weight is 707 g/mol. The number of methoxy groups -OCH3 is 1. The summed E-state index contributed by atoms with van der Waals surface area (Å²) in [5.74, 6) is -0.664. The van der Waals surface area contributed by atoms with Crippen molar-refractivity contribution >= 4 is 17.5 Å². The molecule has 0 aliphatic heterocycles. The number of nitrogens with one attached hydrogen (secondary N) is 1. The topological polar surface area (TPSA) is 99.1 Å². The molecule has 3 saturated carbocycles. The van der Waals surface area contributed by atoms with Crippen molar-refractivity contribution in [1.29, 1.82) is 0 Å². The summed E-state index contributed by atoms with van der Waals surface area (Å²) in [6.07, 6.45) is 5.94. The number of benzene rings is 2. The number of amides is 2. The van der Waals surface area contributed by atoms with Crippen LogP contribution >= 0.6 is 0 Å². The Morgan fingerprint density at radius 1 is 0.961 bits per heavy atom. The molecule has 3 fully saturated rings. The van der Waals surface area contributed by atoms with Crippen LogP contribution in [-0.4, -0.2) is 65.4 Å². The fourth-order valence-electron chi connectivity index (χ4n) is 11.3. The summed E-state index contributed by atoms with van der Waals surface area (Å²) in [4.78, 5) is 30.2. The first-order valence-corrected chi connectivity index (χ1v) is 18.3. The zero-order valence-corrected chi connectivity index (χ0v) is 29.6. The van der Waals surface area contributed by atoms with Crippen molar-refractivity contribution in [3.8, 4) is 0 Å². The molecule has 0 heterocycles. The van der Waals surface area contributed by atoms with Gasteiger partial charge in [0.15, 0.2) is 5.78 Å². The molecule has 0 aromatic heterocycles. The lowest BCUT2D eigenvalue weighted by Crippen LogP contribution is -2.67. The molecular weight excluding hydrogens is 657 g/mol. The Morgan fingerprint density at radius 3 is 2.39 bits per heavy atom. The maximum Gasteiger partial charge on any atom is 0.416 e. The lowest BCUT2D eigenvalue weighted by molar-refractivity contribution is -0.174. The smallest absolute Gasteiger partial charge is 0.393 e. The second-order valence-electron chi connectivity index (χ2n) is 16.3. The number of ether oxygens (including phenoxy) is 1. The normalized spacial score (nSPS) is 36.5. The monoisotopic (exact) mass is 706 g/mol. The molecule has 1 unspecified atom stereocenters. The number of fused-ring (bicyclic) bond motifs is 1. The van der Waals surface area contributed by atoms with Gasteiger partial charge in [-0.1, -0.05) is 62.4 Å². The Hall–Kier alpha value is -3.47. The molecule has 6 aliphatic rings. The largest absolute Gasteiger partial charge is 0.416 e. The molecule has 2 aromatic carbocycles. The van der Waals surface area contributed by atoms with Crippen molar-refractivity contribution in [2.45, 2.75) is 83.1 Å². The Labute approximate surface area is 297 Å². The van der Waals surface area contributed by atoms with E-state index in [2.05, 4.69) is 31.3 Å². The molecule has 2 bridgehead atoms. The molecule has 8 rings (SSSR count). The third kappa shape index (κ3) is 5.50. The number of hydrogen-bond donors (Lipinski definition) is 3. The number of anilines is 1. The number of aliphatic hydroxyl groups is 2. The third-order valence-electron chi connectivity index (χ3n) is 13.9. The third-order valence-corrected chi connectivity index (χ3v) is 13.9. The highest BCUT2D eigenvalue weighted by Gasteiger charge is 2.74. The van der Waals surface area contributed by atoms with Crippen molar-refractivity contribution in [2.75, 3.05) is 32.1 Å². The number of urea groups is 1. The number of aliphatic hydroxyl groups excluding tert-OH is 1. The van der Waals surface area contributed by atoms with Gasteiger partial charge in [-0.15, -0.1) is 0 Å². The Balaban J connectivity index is 1.29. The second kappa shape index (κ2) is 12.6. The first-order valence-electron chi connectivity index (χ1n) is 18.3. The van der Waals surface area contributed by atoms with Crippen LogP contribution in [0.5, 0.6) is 0 Å². The number of Topliss-reactive ketones (excluding diaryl/α,β-unsaturated/α-hetero) is 1. The number of ketones is 1. The van der Waals surface area contributed by atoms with Crippen molar-refractivity contribution in [1.82, 2.24) is 4.90 Å². The van der Waals surface area contributed by atoms with E-state index in [0.717, 1.165) is 18.6 Å². The maximum absolute atomic E-state index is 14.7. The summed E-state index contributed by atoms with van der Waals surface area (Å²) in [5.41, 5.74) is -3.52. The number of nitrogens with zero attached hydrogens (tertiary/aromatic N) is 1. The molecule has 6 aliphatic carbocycles. The first-order chi connectivity index (χ1) is 24.1. The quantitative estimate of drug-likeness (QED) is 0.139. The molecular formula is C41H49F3N2O5. The van der Waals surface area contributed by atoms with Crippen LogP contribution in [0.4, 0.5) is 23.7 Å². The fourth-order valence-corrected chi connectivity index (χ4v) is 11.3. The molecule has 274 valence electrons. The van der Waals surface area contributed by atoms with Crippen LogP contribution in [0.15, 0.2) is 78.4 Å². The van der Waals surface area contributed by atoms with Gasteiger partial charge in [-0.05, 0) is 92.9 Å².